The number of aliphatic hydroxyl groups excluding tert-OH is 1. The number of phenolic OH excluding ortho intramolecular Hbond substituents is 1. The summed E-state index contributed by atoms with van der Waals surface area (Å²) in [5.41, 5.74) is 0.125. The molecule has 0 aliphatic rings. The summed E-state index contributed by atoms with van der Waals surface area (Å²) in [5, 5.41) is 28.5. The highest BCUT2D eigenvalue weighted by atomic mass is 16.4. The van der Waals surface area contributed by atoms with Crippen LogP contribution in [0, 0.1) is 0 Å². The van der Waals surface area contributed by atoms with Crippen molar-refractivity contribution < 1.29 is 24.9 Å². The van der Waals surface area contributed by atoms with Crippen LogP contribution in [0.2, 0.25) is 0 Å². The first-order valence-electron chi connectivity index (χ1n) is 4.48. The number of carbonyl (C=O) groups is 2. The van der Waals surface area contributed by atoms with Gasteiger partial charge in [-0.15, -0.1) is 0 Å². The Bertz CT molecular complexity index is 404. The zero-order valence-corrected chi connectivity index (χ0v) is 8.25. The molecular formula is C10H11NO5. The number of phenols is 1. The first-order chi connectivity index (χ1) is 7.54. The molecule has 0 fully saturated rings. The standard InChI is InChI=1S/C10H11NO5/c12-5-8(10(15)16)11-9(14)6-2-1-3-7(13)4-6/h1-4,8,12-13H,5H2,(H,11,14)(H,15,16)/t8-/m1/s1. The van der Waals surface area contributed by atoms with Gasteiger partial charge in [-0.05, 0) is 18.2 Å². The fourth-order valence-electron chi connectivity index (χ4n) is 1.07. The molecule has 1 aromatic rings. The fraction of sp³-hybridized carbons (Fsp3) is 0.200. The van der Waals surface area contributed by atoms with E-state index < -0.39 is 24.5 Å². The summed E-state index contributed by atoms with van der Waals surface area (Å²) in [6, 6.07) is 4.11. The molecule has 0 unspecified atom stereocenters. The highest BCUT2D eigenvalue weighted by Crippen LogP contribution is 2.10. The van der Waals surface area contributed by atoms with Gasteiger partial charge in [0.2, 0.25) is 0 Å². The Kier molecular flexibility index (Phi) is 3.84. The quantitative estimate of drug-likeness (QED) is 0.556. The molecule has 16 heavy (non-hydrogen) atoms. The Hall–Kier alpha value is -2.08. The first-order valence-corrected chi connectivity index (χ1v) is 4.48. The first kappa shape index (κ1) is 12.0. The van der Waals surface area contributed by atoms with Gasteiger partial charge in [-0.25, -0.2) is 4.79 Å². The number of amides is 1. The molecule has 0 saturated carbocycles. The summed E-state index contributed by atoms with van der Waals surface area (Å²) < 4.78 is 0. The minimum Gasteiger partial charge on any atom is -0.508 e. The molecule has 86 valence electrons. The zero-order chi connectivity index (χ0) is 12.1. The molecule has 0 spiro atoms. The maximum Gasteiger partial charge on any atom is 0.328 e. The van der Waals surface area contributed by atoms with Gasteiger partial charge in [-0.3, -0.25) is 4.79 Å². The van der Waals surface area contributed by atoms with Gasteiger partial charge < -0.3 is 20.6 Å². The smallest absolute Gasteiger partial charge is 0.328 e. The Labute approximate surface area is 91.1 Å². The number of benzene rings is 1. The molecule has 1 rings (SSSR count). The Balaban J connectivity index is 2.75. The number of carbonyl (C=O) groups excluding carboxylic acids is 1. The minimum atomic E-state index is -1.35. The Morgan fingerprint density at radius 2 is 2.06 bits per heavy atom. The van der Waals surface area contributed by atoms with Gasteiger partial charge in [-0.2, -0.15) is 0 Å². The maximum atomic E-state index is 11.5. The third kappa shape index (κ3) is 2.96. The van der Waals surface area contributed by atoms with Crippen LogP contribution in [0.5, 0.6) is 5.75 Å². The number of rotatable bonds is 4. The summed E-state index contributed by atoms with van der Waals surface area (Å²) in [6.45, 7) is -0.695. The van der Waals surface area contributed by atoms with Gasteiger partial charge in [0.1, 0.15) is 5.75 Å². The second-order valence-electron chi connectivity index (χ2n) is 3.10. The van der Waals surface area contributed by atoms with Crippen LogP contribution in [0.1, 0.15) is 10.4 Å². The largest absolute Gasteiger partial charge is 0.508 e. The zero-order valence-electron chi connectivity index (χ0n) is 8.25. The molecule has 0 aliphatic carbocycles. The van der Waals surface area contributed by atoms with Crippen LogP contribution in [0.4, 0.5) is 0 Å². The van der Waals surface area contributed by atoms with Crippen molar-refractivity contribution in [1.82, 2.24) is 5.32 Å². The number of carboxylic acid groups (broad SMARTS) is 1. The second kappa shape index (κ2) is 5.13. The minimum absolute atomic E-state index is 0.0940. The molecule has 0 saturated heterocycles. The number of hydrogen-bond acceptors (Lipinski definition) is 4. The molecule has 4 N–H and O–H groups in total. The van der Waals surface area contributed by atoms with Crippen LogP contribution in [-0.4, -0.2) is 39.8 Å². The topological polar surface area (TPSA) is 107 Å². The number of nitrogens with one attached hydrogen (secondary N) is 1. The Morgan fingerprint density at radius 1 is 1.38 bits per heavy atom. The van der Waals surface area contributed by atoms with Crippen molar-refractivity contribution >= 4 is 11.9 Å². The summed E-state index contributed by atoms with van der Waals surface area (Å²) in [5.74, 6) is -2.09. The van der Waals surface area contributed by atoms with Crippen molar-refractivity contribution in [2.45, 2.75) is 6.04 Å². The highest BCUT2D eigenvalue weighted by molar-refractivity contribution is 5.96. The normalized spacial score (nSPS) is 11.8. The maximum absolute atomic E-state index is 11.5. The molecule has 6 heteroatoms. The summed E-state index contributed by atoms with van der Waals surface area (Å²) in [4.78, 5) is 22.0. The van der Waals surface area contributed by atoms with E-state index in [1.807, 2.05) is 0 Å². The number of aromatic hydroxyl groups is 1. The van der Waals surface area contributed by atoms with Gasteiger partial charge in [0, 0.05) is 5.56 Å². The molecule has 1 amide bonds. The number of aliphatic carboxylic acids is 1. The lowest BCUT2D eigenvalue weighted by Gasteiger charge is -2.11. The van der Waals surface area contributed by atoms with Crippen molar-refractivity contribution in [3.05, 3.63) is 29.8 Å². The molecule has 0 heterocycles. The summed E-state index contributed by atoms with van der Waals surface area (Å²) in [6.07, 6.45) is 0. The molecule has 0 bridgehead atoms. The predicted octanol–water partition coefficient (Wildman–Crippen LogP) is -0.433. The molecule has 1 aromatic carbocycles. The van der Waals surface area contributed by atoms with Crippen molar-refractivity contribution in [2.75, 3.05) is 6.61 Å². The monoisotopic (exact) mass is 225 g/mol. The van der Waals surface area contributed by atoms with E-state index in [1.54, 1.807) is 0 Å². The second-order valence-corrected chi connectivity index (χ2v) is 3.10. The van der Waals surface area contributed by atoms with E-state index in [0.717, 1.165) is 0 Å². The van der Waals surface area contributed by atoms with Crippen LogP contribution in [0.15, 0.2) is 24.3 Å². The SMILES string of the molecule is O=C(N[C@H](CO)C(=O)O)c1cccc(O)c1. The molecule has 6 nitrogen and oxygen atoms in total. The van der Waals surface area contributed by atoms with Crippen LogP contribution in [-0.2, 0) is 4.79 Å². The van der Waals surface area contributed by atoms with E-state index in [4.69, 9.17) is 15.3 Å². The summed E-state index contributed by atoms with van der Waals surface area (Å²) >= 11 is 0. The van der Waals surface area contributed by atoms with E-state index >= 15 is 0 Å². The average molecular weight is 225 g/mol. The van der Waals surface area contributed by atoms with Crippen molar-refractivity contribution in [3.8, 4) is 5.75 Å². The lowest BCUT2D eigenvalue weighted by atomic mass is 10.2. The van der Waals surface area contributed by atoms with E-state index in [2.05, 4.69) is 5.32 Å². The number of carboxylic acids is 1. The van der Waals surface area contributed by atoms with E-state index in [1.165, 1.54) is 24.3 Å². The van der Waals surface area contributed by atoms with Crippen LogP contribution < -0.4 is 5.32 Å². The fourth-order valence-corrected chi connectivity index (χ4v) is 1.07. The predicted molar refractivity (Wildman–Crippen MR) is 54.1 cm³/mol. The molecule has 0 aliphatic heterocycles. The third-order valence-corrected chi connectivity index (χ3v) is 1.89. The van der Waals surface area contributed by atoms with Crippen LogP contribution in [0.25, 0.3) is 0 Å². The Morgan fingerprint density at radius 3 is 2.56 bits per heavy atom. The molecule has 0 aromatic heterocycles. The molecule has 1 atom stereocenters. The highest BCUT2D eigenvalue weighted by Gasteiger charge is 2.19. The van der Waals surface area contributed by atoms with Crippen molar-refractivity contribution in [1.29, 1.82) is 0 Å². The number of hydrogen-bond donors (Lipinski definition) is 4. The van der Waals surface area contributed by atoms with E-state index in [0.29, 0.717) is 0 Å². The van der Waals surface area contributed by atoms with Crippen molar-refractivity contribution in [2.24, 2.45) is 0 Å². The van der Waals surface area contributed by atoms with E-state index in [-0.39, 0.29) is 11.3 Å². The van der Waals surface area contributed by atoms with Gasteiger partial charge in [0.05, 0.1) is 6.61 Å². The van der Waals surface area contributed by atoms with Gasteiger partial charge in [0.25, 0.3) is 5.91 Å². The summed E-state index contributed by atoms with van der Waals surface area (Å²) in [7, 11) is 0. The van der Waals surface area contributed by atoms with Gasteiger partial charge in [-0.1, -0.05) is 6.07 Å². The van der Waals surface area contributed by atoms with Crippen LogP contribution in [0.3, 0.4) is 0 Å². The third-order valence-electron chi connectivity index (χ3n) is 1.89. The lowest BCUT2D eigenvalue weighted by Crippen LogP contribution is -2.43. The van der Waals surface area contributed by atoms with Gasteiger partial charge >= 0.3 is 5.97 Å². The van der Waals surface area contributed by atoms with E-state index in [9.17, 15) is 9.59 Å². The molecule has 0 radical (unpaired) electrons. The lowest BCUT2D eigenvalue weighted by molar-refractivity contribution is -0.140. The average Bonchev–Trinajstić information content (AvgIpc) is 2.25. The van der Waals surface area contributed by atoms with Crippen LogP contribution >= 0.6 is 0 Å². The molecular weight excluding hydrogens is 214 g/mol. The van der Waals surface area contributed by atoms with Gasteiger partial charge in [0.15, 0.2) is 6.04 Å². The van der Waals surface area contributed by atoms with Crippen molar-refractivity contribution in [3.63, 3.8) is 0 Å². The number of aliphatic hydroxyl groups is 1.